The Morgan fingerprint density at radius 3 is 1.02 bits per heavy atom. The number of aliphatic hydroxyl groups is 3. The molecule has 8 aromatic heterocycles. The van der Waals surface area contributed by atoms with Gasteiger partial charge in [0.05, 0.1) is 75.1 Å². The molecule has 0 bridgehead atoms. The van der Waals surface area contributed by atoms with E-state index < -0.39 is 43.5 Å². The van der Waals surface area contributed by atoms with Gasteiger partial charge in [-0.15, -0.1) is 0 Å². The van der Waals surface area contributed by atoms with Crippen molar-refractivity contribution in [2.75, 3.05) is 6.61 Å². The van der Waals surface area contributed by atoms with E-state index >= 15 is 0 Å². The fourth-order valence-corrected chi connectivity index (χ4v) is 12.4. The summed E-state index contributed by atoms with van der Waals surface area (Å²) in [5, 5.41) is 56.8. The quantitative estimate of drug-likeness (QED) is 0.0305. The molecule has 8 heterocycles. The van der Waals surface area contributed by atoms with Gasteiger partial charge < -0.3 is 69.2 Å². The number of carboxylic acid groups (broad SMARTS) is 1. The average molecular weight is 1710 g/mol. The number of carbonyl (C=O) groups is 2. The van der Waals surface area contributed by atoms with Crippen LogP contribution in [-0.2, 0) is 6.61 Å². The van der Waals surface area contributed by atoms with Crippen LogP contribution in [0.1, 0.15) is 62.1 Å². The molecule has 0 aliphatic rings. The van der Waals surface area contributed by atoms with Crippen LogP contribution in [0.15, 0.2) is 256 Å². The van der Waals surface area contributed by atoms with E-state index in [1.165, 1.54) is 6.07 Å². The molecule has 0 saturated heterocycles. The number of aldehydes is 1. The molecule has 1 atom stereocenters. The molecule has 34 heteroatoms. The Labute approximate surface area is 731 Å². The number of aromatic nitrogens is 8. The maximum Gasteiger partial charge on any atom is 1.00 e. The van der Waals surface area contributed by atoms with Crippen molar-refractivity contribution >= 4 is 64.3 Å². The standard InChI is InChI=1S/C21H18N2O4.C20H14N2O4.C20H16N2O3.C20H14N2O3.B.ClO2.IO4.3Na.H/c1-12-9-18(27-23-12)20-19(13-5-3-2-4-6-13)15-10-14(17(25)11-24)7-8-16(15)22-21(20)26;1-11-9-16(26-22-11)18-17(12-5-3-2-4-6-12)14-10-13(20(24)25)7-8-15(14)21-19(18)23;2*1-12-9-17(25-22-12)19-18(14-5-3-2-4-6-14)15-10-13(11-23)7-8-16(15)21-20(19)24;;2-1-3;2-1(3,4)5;;;;/h2-10,17,24-25H,11H2,1H3,(H,22,26);2-10H,1H3,(H,21,23)(H,24,25);2-10,23H,11H2,1H3,(H,21,24);2-11H,1H3,(H,21,24);;;;;;;/q;;;;;2*-1;3*+1;-1. The van der Waals surface area contributed by atoms with Crippen LogP contribution in [0, 0.1) is 39.0 Å². The molecule has 16 aromatic rings. The topological polar surface area (TPSA) is 489 Å². The Morgan fingerprint density at radius 2 is 0.730 bits per heavy atom. The number of halogens is 2. The minimum absolute atomic E-state index is 0. The second kappa shape index (κ2) is 42.3. The summed E-state index contributed by atoms with van der Waals surface area (Å²) in [5.41, 5.74) is 13.9. The van der Waals surface area contributed by atoms with Gasteiger partial charge in [0, 0.05) is 104 Å². The fourth-order valence-electron chi connectivity index (χ4n) is 12.4. The van der Waals surface area contributed by atoms with Gasteiger partial charge in [-0.2, -0.15) is 0 Å². The van der Waals surface area contributed by atoms with E-state index in [0.29, 0.717) is 118 Å². The predicted octanol–water partition coefficient (Wildman–Crippen LogP) is -4.72. The van der Waals surface area contributed by atoms with Crippen molar-refractivity contribution in [2.45, 2.75) is 40.4 Å². The first-order chi connectivity index (χ1) is 53.4. The zero-order valence-electron chi connectivity index (χ0n) is 63.3. The Hall–Kier alpha value is -9.70. The van der Waals surface area contributed by atoms with Crippen LogP contribution < -0.4 is 154 Å². The van der Waals surface area contributed by atoms with Crippen LogP contribution in [0.5, 0.6) is 0 Å². The molecule has 567 valence electrons. The monoisotopic (exact) mass is 1710 g/mol. The summed E-state index contributed by atoms with van der Waals surface area (Å²) >= 11 is -6.36. The number of aromatic amines is 4. The summed E-state index contributed by atoms with van der Waals surface area (Å²) in [6.45, 7) is 6.72. The minimum Gasteiger partial charge on any atom is -1.00 e. The SMILES string of the molecule is Cc1cc(-c2c(-c3ccccc3)c3cc(C(=O)O)ccc3[nH]c2=O)on1.Cc1cc(-c2c(-c3ccccc3)c3cc(C(O)CO)ccc3[nH]c2=O)on1.Cc1cc(-c2c(-c3ccccc3)c3cc(C=O)ccc3[nH]c2=O)on1.Cc1cc(-c2c(-c3ccccc3)c3cc(CO)ccc3[nH]c2=O)on1.[B].[H-].[Na+].[Na+].[Na+].[O-][Cl+][O-].[O-][I+3]([O-])([O-])[O-]. The number of aromatic carboxylic acids is 1. The van der Waals surface area contributed by atoms with E-state index in [4.69, 9.17) is 41.2 Å². The third-order valence-electron chi connectivity index (χ3n) is 17.0. The molecule has 0 fully saturated rings. The molecule has 3 radical (unpaired) electrons. The van der Waals surface area contributed by atoms with E-state index in [2.05, 4.69) is 40.6 Å². The van der Waals surface area contributed by atoms with Crippen LogP contribution in [0.4, 0.5) is 0 Å². The molecule has 28 nitrogen and oxygen atoms in total. The number of nitrogens with one attached hydrogen (secondary N) is 4. The first-order valence-corrected chi connectivity index (χ1v) is 37.4. The van der Waals surface area contributed by atoms with Crippen molar-refractivity contribution in [3.05, 3.63) is 305 Å². The second-order valence-corrected chi connectivity index (χ2v) is 26.9. The van der Waals surface area contributed by atoms with E-state index in [0.717, 1.165) is 61.4 Å². The van der Waals surface area contributed by atoms with Crippen LogP contribution in [0.2, 0.25) is 0 Å². The van der Waals surface area contributed by atoms with Gasteiger partial charge in [-0.1, -0.05) is 154 Å². The first kappa shape index (κ1) is 92.5. The number of aliphatic hydroxyl groups excluding tert-OH is 3. The molecule has 16 rings (SSSR count). The Balaban J connectivity index is 0.000000230. The van der Waals surface area contributed by atoms with Crippen molar-refractivity contribution in [3.63, 3.8) is 0 Å². The summed E-state index contributed by atoms with van der Waals surface area (Å²) in [4.78, 5) is 85.3. The zero-order valence-corrected chi connectivity index (χ0v) is 71.2. The second-order valence-electron chi connectivity index (χ2n) is 24.6. The van der Waals surface area contributed by atoms with Crippen molar-refractivity contribution < 1.29 is 193 Å². The van der Waals surface area contributed by atoms with E-state index in [9.17, 15) is 49.2 Å². The number of nitrogens with zero attached hydrogens (tertiary/aromatic N) is 4. The molecule has 0 amide bonds. The smallest absolute Gasteiger partial charge is 1.00 e. The third kappa shape index (κ3) is 22.5. The van der Waals surface area contributed by atoms with E-state index in [1.807, 2.05) is 140 Å². The van der Waals surface area contributed by atoms with Gasteiger partial charge in [-0.05, 0) is 122 Å². The van der Waals surface area contributed by atoms with Crippen LogP contribution in [0.3, 0.4) is 0 Å². The molecular formula is C81H63BClIN8Na3O20. The fraction of sp³-hybridized carbons (Fsp3) is 0.0864. The Kier molecular flexibility index (Phi) is 34.0. The third-order valence-corrected chi connectivity index (χ3v) is 17.0. The number of H-pyrrole nitrogens is 4. The number of pyridine rings is 4. The van der Waals surface area contributed by atoms with Gasteiger partial charge in [0.1, 0.15) is 32.5 Å². The van der Waals surface area contributed by atoms with Crippen LogP contribution in [-0.4, -0.2) is 88.3 Å². The molecule has 8 N–H and O–H groups in total. The van der Waals surface area contributed by atoms with E-state index in [-0.39, 0.29) is 140 Å². The molecular weight excluding hydrogens is 1650 g/mol. The molecule has 115 heavy (non-hydrogen) atoms. The largest absolute Gasteiger partial charge is 1.00 e. The van der Waals surface area contributed by atoms with Gasteiger partial charge in [0.25, 0.3) is 22.2 Å². The van der Waals surface area contributed by atoms with Gasteiger partial charge in [-0.3, -0.25) is 37.7 Å². The zero-order chi connectivity index (χ0) is 79.2. The number of fused-ring (bicyclic) bond motifs is 4. The Morgan fingerprint density at radius 1 is 0.443 bits per heavy atom. The average Bonchev–Trinajstić information content (AvgIpc) is 1.33. The number of hydrogen-bond donors (Lipinski definition) is 8. The number of aryl methyl sites for hydroxylation is 4. The summed E-state index contributed by atoms with van der Waals surface area (Å²) < 4.78 is 72.4. The number of carboxylic acids is 1. The minimum atomic E-state index is -5.94. The van der Waals surface area contributed by atoms with Crippen LogP contribution in [0.25, 0.3) is 133 Å². The van der Waals surface area contributed by atoms with Gasteiger partial charge in [0.15, 0.2) is 23.0 Å². The van der Waals surface area contributed by atoms with Gasteiger partial charge in [-0.25, -0.2) is 4.79 Å². The molecule has 8 aromatic carbocycles. The number of hydrogen-bond acceptors (Lipinski definition) is 23. The summed E-state index contributed by atoms with van der Waals surface area (Å²) in [6, 6.07) is 65.5. The van der Waals surface area contributed by atoms with E-state index in [1.54, 1.807) is 99.6 Å². The summed E-state index contributed by atoms with van der Waals surface area (Å²) in [7, 11) is 0. The molecule has 1 unspecified atom stereocenters. The van der Waals surface area contributed by atoms with Gasteiger partial charge in [0.2, 0.25) is 0 Å². The number of benzene rings is 8. The summed E-state index contributed by atoms with van der Waals surface area (Å²) in [6.07, 6.45) is -0.210. The summed E-state index contributed by atoms with van der Waals surface area (Å²) in [5.74, 6) is 0.506. The maximum absolute atomic E-state index is 12.9. The predicted molar refractivity (Wildman–Crippen MR) is 398 cm³/mol. The Bertz CT molecular complexity index is 6280. The number of rotatable bonds is 13. The first-order valence-electron chi connectivity index (χ1n) is 33.2. The number of carbonyl (C=O) groups excluding carboxylic acids is 1. The van der Waals surface area contributed by atoms with Gasteiger partial charge >= 0.3 is 94.6 Å². The van der Waals surface area contributed by atoms with Crippen molar-refractivity contribution in [1.29, 1.82) is 0 Å². The van der Waals surface area contributed by atoms with Crippen molar-refractivity contribution in [3.8, 4) is 89.8 Å². The van der Waals surface area contributed by atoms with Crippen molar-refractivity contribution in [1.82, 2.24) is 40.6 Å². The molecule has 0 spiro atoms. The molecule has 0 saturated carbocycles. The molecule has 0 aliphatic heterocycles. The maximum atomic E-state index is 12.9. The van der Waals surface area contributed by atoms with Crippen molar-refractivity contribution in [2.24, 2.45) is 0 Å². The normalized spacial score (nSPS) is 10.9. The molecule has 0 aliphatic carbocycles. The van der Waals surface area contributed by atoms with Crippen LogP contribution >= 0.6 is 0 Å².